The second-order valence-corrected chi connectivity index (χ2v) is 2.12. The van der Waals surface area contributed by atoms with Crippen molar-refractivity contribution < 1.29 is 78.8 Å². The Bertz CT molecular complexity index is 281. The Morgan fingerprint density at radius 1 is 1.36 bits per heavy atom. The zero-order valence-corrected chi connectivity index (χ0v) is 14.5. The van der Waals surface area contributed by atoms with Crippen LogP contribution in [0, 0.1) is 6.58 Å². The van der Waals surface area contributed by atoms with Crippen LogP contribution < -0.4 is 68.9 Å². The number of carboxylic acid groups (broad SMARTS) is 1. The van der Waals surface area contributed by atoms with Crippen LogP contribution in [0.3, 0.4) is 0 Å². The Labute approximate surface area is 143 Å². The molecule has 1 aromatic rings. The van der Waals surface area contributed by atoms with E-state index < -0.39 is 5.97 Å². The van der Waals surface area contributed by atoms with Crippen molar-refractivity contribution in [2.24, 2.45) is 0 Å². The monoisotopic (exact) mass is 308 g/mol. The SMILES string of the molecule is C=CC(=O)O.[CH-]=Cc1ccccc1.[Cs+]. The molecule has 68 valence electrons. The molecular weight excluding hydrogens is 297 g/mol. The zero-order chi connectivity index (χ0) is 10.1. The first-order valence-corrected chi connectivity index (χ1v) is 3.66. The fourth-order valence-electron chi connectivity index (χ4n) is 0.564. The minimum atomic E-state index is -0.981. The second-order valence-electron chi connectivity index (χ2n) is 2.12. The summed E-state index contributed by atoms with van der Waals surface area (Å²) in [4.78, 5) is 9.25. The third kappa shape index (κ3) is 10.3. The molecule has 14 heavy (non-hydrogen) atoms. The number of aliphatic carboxylic acids is 1. The summed E-state index contributed by atoms with van der Waals surface area (Å²) in [7, 11) is 0. The summed E-state index contributed by atoms with van der Waals surface area (Å²) in [5.74, 6) is -0.981. The van der Waals surface area contributed by atoms with Crippen LogP contribution in [0.1, 0.15) is 5.56 Å². The molecule has 0 spiro atoms. The topological polar surface area (TPSA) is 37.3 Å². The van der Waals surface area contributed by atoms with Crippen LogP contribution in [0.4, 0.5) is 0 Å². The molecule has 0 aromatic heterocycles. The van der Waals surface area contributed by atoms with Gasteiger partial charge in [-0.25, -0.2) is 10.9 Å². The number of benzene rings is 1. The van der Waals surface area contributed by atoms with E-state index >= 15 is 0 Å². The van der Waals surface area contributed by atoms with Gasteiger partial charge in [-0.15, -0.1) is 12.1 Å². The number of rotatable bonds is 2. The summed E-state index contributed by atoms with van der Waals surface area (Å²) >= 11 is 0. The Balaban J connectivity index is 0. The van der Waals surface area contributed by atoms with Gasteiger partial charge in [-0.3, -0.25) is 6.58 Å². The first-order chi connectivity index (χ1) is 6.20. The van der Waals surface area contributed by atoms with E-state index in [0.717, 1.165) is 11.6 Å². The van der Waals surface area contributed by atoms with Gasteiger partial charge < -0.3 is 5.11 Å². The van der Waals surface area contributed by atoms with Crippen molar-refractivity contribution in [1.82, 2.24) is 0 Å². The Kier molecular flexibility index (Phi) is 13.4. The van der Waals surface area contributed by atoms with E-state index in [2.05, 4.69) is 6.58 Å². The van der Waals surface area contributed by atoms with Gasteiger partial charge in [0.15, 0.2) is 0 Å². The number of hydrogen-bond donors (Lipinski definition) is 1. The van der Waals surface area contributed by atoms with Gasteiger partial charge >= 0.3 is 74.9 Å². The molecule has 0 unspecified atom stereocenters. The predicted octanol–water partition coefficient (Wildman–Crippen LogP) is -0.606. The van der Waals surface area contributed by atoms with Crippen molar-refractivity contribution in [2.45, 2.75) is 0 Å². The molecule has 0 heterocycles. The summed E-state index contributed by atoms with van der Waals surface area (Å²) in [6.07, 6.45) is 2.42. The molecule has 2 nitrogen and oxygen atoms in total. The summed E-state index contributed by atoms with van der Waals surface area (Å²) in [6, 6.07) is 9.80. The van der Waals surface area contributed by atoms with Crippen molar-refractivity contribution in [2.75, 3.05) is 0 Å². The molecule has 1 N–H and O–H groups in total. The molecule has 3 heteroatoms. The van der Waals surface area contributed by atoms with Gasteiger partial charge in [0.2, 0.25) is 0 Å². The van der Waals surface area contributed by atoms with Crippen molar-refractivity contribution in [3.8, 4) is 0 Å². The van der Waals surface area contributed by atoms with Crippen LogP contribution in [-0.4, -0.2) is 11.1 Å². The quantitative estimate of drug-likeness (QED) is 0.585. The first-order valence-electron chi connectivity index (χ1n) is 3.66. The van der Waals surface area contributed by atoms with E-state index in [-0.39, 0.29) is 68.9 Å². The van der Waals surface area contributed by atoms with Crippen LogP contribution in [0.15, 0.2) is 43.0 Å². The maximum atomic E-state index is 9.25. The number of carboxylic acids is 1. The van der Waals surface area contributed by atoms with E-state index in [1.165, 1.54) is 0 Å². The summed E-state index contributed by atoms with van der Waals surface area (Å²) < 4.78 is 0. The number of carbonyl (C=O) groups is 1. The molecule has 0 saturated carbocycles. The molecule has 0 aliphatic heterocycles. The van der Waals surface area contributed by atoms with Gasteiger partial charge in [0.1, 0.15) is 0 Å². The van der Waals surface area contributed by atoms with Gasteiger partial charge in [-0.05, 0) is 0 Å². The van der Waals surface area contributed by atoms with E-state index in [1.807, 2.05) is 30.3 Å². The van der Waals surface area contributed by atoms with Crippen molar-refractivity contribution >= 4 is 12.0 Å². The summed E-state index contributed by atoms with van der Waals surface area (Å²) in [5.41, 5.74) is 1.06. The standard InChI is InChI=1S/C8H7.C3H4O2.Cs/c1-2-8-6-4-3-5-7-8;1-2-3(4)5;/h1-7H;2H,1H2,(H,4,5);/q-1;;+1. The zero-order valence-electron chi connectivity index (χ0n) is 8.18. The minimum absolute atomic E-state index is 0. The first kappa shape index (κ1) is 16.6. The fraction of sp³-hybridized carbons (Fsp3) is 0. The molecule has 0 atom stereocenters. The average Bonchev–Trinajstić information content (AvgIpc) is 2.20. The molecule has 0 fully saturated rings. The van der Waals surface area contributed by atoms with E-state index in [9.17, 15) is 4.79 Å². The largest absolute Gasteiger partial charge is 1.00 e. The molecule has 0 saturated heterocycles. The molecule has 0 amide bonds. The third-order valence-electron chi connectivity index (χ3n) is 1.17. The van der Waals surface area contributed by atoms with Gasteiger partial charge in [-0.1, -0.05) is 24.8 Å². The van der Waals surface area contributed by atoms with Crippen LogP contribution >= 0.6 is 0 Å². The van der Waals surface area contributed by atoms with Gasteiger partial charge in [0, 0.05) is 6.08 Å². The van der Waals surface area contributed by atoms with Crippen molar-refractivity contribution in [3.63, 3.8) is 0 Å². The van der Waals surface area contributed by atoms with Crippen LogP contribution in [0.25, 0.3) is 6.08 Å². The average molecular weight is 308 g/mol. The van der Waals surface area contributed by atoms with Crippen LogP contribution in [0.2, 0.25) is 0 Å². The van der Waals surface area contributed by atoms with Crippen LogP contribution in [-0.2, 0) is 4.79 Å². The normalized spacial score (nSPS) is 7.14. The smallest absolute Gasteiger partial charge is 0.478 e. The molecule has 1 rings (SSSR count). The van der Waals surface area contributed by atoms with Crippen molar-refractivity contribution in [3.05, 3.63) is 55.1 Å². The Hall–Kier alpha value is 0.222. The van der Waals surface area contributed by atoms with Gasteiger partial charge in [0.25, 0.3) is 0 Å². The van der Waals surface area contributed by atoms with E-state index in [1.54, 1.807) is 6.08 Å². The van der Waals surface area contributed by atoms with Gasteiger partial charge in [0.05, 0.1) is 0 Å². The maximum Gasteiger partial charge on any atom is 1.00 e. The van der Waals surface area contributed by atoms with E-state index in [4.69, 9.17) is 11.7 Å². The van der Waals surface area contributed by atoms with Crippen LogP contribution in [0.5, 0.6) is 0 Å². The van der Waals surface area contributed by atoms with Gasteiger partial charge in [-0.2, -0.15) is 5.56 Å². The molecule has 0 bridgehead atoms. The predicted molar refractivity (Wildman–Crippen MR) is 53.0 cm³/mol. The molecule has 1 aromatic carbocycles. The fourth-order valence-corrected chi connectivity index (χ4v) is 0.564. The molecular formula is C11H11CsO2. The Morgan fingerprint density at radius 3 is 2.00 bits per heavy atom. The molecule has 0 radical (unpaired) electrons. The Morgan fingerprint density at radius 2 is 1.79 bits per heavy atom. The third-order valence-corrected chi connectivity index (χ3v) is 1.17. The molecule has 0 aliphatic rings. The summed E-state index contributed by atoms with van der Waals surface area (Å²) in [5, 5.41) is 7.60. The summed E-state index contributed by atoms with van der Waals surface area (Å²) in [6.45, 7) is 8.19. The van der Waals surface area contributed by atoms with Crippen molar-refractivity contribution in [1.29, 1.82) is 0 Å². The molecule has 0 aliphatic carbocycles. The minimum Gasteiger partial charge on any atom is -0.478 e. The second kappa shape index (κ2) is 11.3. The maximum absolute atomic E-state index is 9.25. The van der Waals surface area contributed by atoms with E-state index in [0.29, 0.717) is 0 Å². The number of hydrogen-bond acceptors (Lipinski definition) is 1.